The van der Waals surface area contributed by atoms with Crippen molar-refractivity contribution in [2.75, 3.05) is 37.7 Å². The molecule has 1 rings (SSSR count). The predicted molar refractivity (Wildman–Crippen MR) is 86.0 cm³/mol. The summed E-state index contributed by atoms with van der Waals surface area (Å²) in [4.78, 5) is 13.9. The minimum atomic E-state index is -3.09. The van der Waals surface area contributed by atoms with Crippen molar-refractivity contribution >= 4 is 15.7 Å². The Morgan fingerprint density at radius 3 is 2.43 bits per heavy atom. The van der Waals surface area contributed by atoms with Gasteiger partial charge in [0, 0.05) is 19.5 Å². The van der Waals surface area contributed by atoms with Crippen LogP contribution in [0.15, 0.2) is 0 Å². The molecule has 1 fully saturated rings. The Bertz CT molecular complexity index is 413. The maximum Gasteiger partial charge on any atom is 0.223 e. The molecule has 0 spiro atoms. The summed E-state index contributed by atoms with van der Waals surface area (Å²) in [7, 11) is -3.09. The molecular formula is C15H30N2O3S. The minimum absolute atomic E-state index is 0.00997. The van der Waals surface area contributed by atoms with Crippen LogP contribution < -0.4 is 5.32 Å². The van der Waals surface area contributed by atoms with Gasteiger partial charge in [-0.3, -0.25) is 4.79 Å². The van der Waals surface area contributed by atoms with E-state index in [1.54, 1.807) is 0 Å². The fourth-order valence-electron chi connectivity index (χ4n) is 2.73. The standard InChI is InChI=1S/C15H30N2O3S/c1-4-16-11-14-5-8-17(9-6-14)15(18)7-10-21(19,20)12-13(2)3/h13-14,16H,4-12H2,1-3H3. The van der Waals surface area contributed by atoms with Crippen LogP contribution in [0.3, 0.4) is 0 Å². The van der Waals surface area contributed by atoms with E-state index in [4.69, 9.17) is 0 Å². The molecular weight excluding hydrogens is 288 g/mol. The third-order valence-electron chi connectivity index (χ3n) is 3.86. The fraction of sp³-hybridized carbons (Fsp3) is 0.933. The highest BCUT2D eigenvalue weighted by Crippen LogP contribution is 2.17. The lowest BCUT2D eigenvalue weighted by Gasteiger charge is -2.32. The second kappa shape index (κ2) is 8.73. The van der Waals surface area contributed by atoms with Gasteiger partial charge < -0.3 is 10.2 Å². The molecule has 1 amide bonds. The molecule has 0 radical (unpaired) electrons. The normalized spacial score (nSPS) is 17.4. The van der Waals surface area contributed by atoms with Crippen molar-refractivity contribution in [3.63, 3.8) is 0 Å². The molecule has 5 nitrogen and oxygen atoms in total. The minimum Gasteiger partial charge on any atom is -0.343 e. The number of piperidine rings is 1. The van der Waals surface area contributed by atoms with Gasteiger partial charge in [0.25, 0.3) is 0 Å². The zero-order valence-corrected chi connectivity index (χ0v) is 14.4. The first kappa shape index (κ1) is 18.4. The lowest BCUT2D eigenvalue weighted by Crippen LogP contribution is -2.41. The maximum absolute atomic E-state index is 12.1. The van der Waals surface area contributed by atoms with Crippen LogP contribution in [0.25, 0.3) is 0 Å². The first-order valence-corrected chi connectivity index (χ1v) is 9.85. The lowest BCUT2D eigenvalue weighted by molar-refractivity contribution is -0.132. The fourth-order valence-corrected chi connectivity index (χ4v) is 4.40. The first-order chi connectivity index (χ1) is 9.84. The van der Waals surface area contributed by atoms with Crippen LogP contribution in [0.2, 0.25) is 0 Å². The molecule has 0 atom stereocenters. The van der Waals surface area contributed by atoms with Gasteiger partial charge in [-0.2, -0.15) is 0 Å². The number of sulfone groups is 1. The molecule has 0 saturated carbocycles. The van der Waals surface area contributed by atoms with Crippen LogP contribution in [-0.2, 0) is 14.6 Å². The number of carbonyl (C=O) groups excluding carboxylic acids is 1. The number of nitrogens with zero attached hydrogens (tertiary/aromatic N) is 1. The predicted octanol–water partition coefficient (Wildman–Crippen LogP) is 1.30. The highest BCUT2D eigenvalue weighted by molar-refractivity contribution is 7.91. The zero-order chi connectivity index (χ0) is 15.9. The molecule has 6 heteroatoms. The molecule has 0 unspecified atom stereocenters. The highest BCUT2D eigenvalue weighted by atomic mass is 32.2. The molecule has 1 aliphatic heterocycles. The molecule has 21 heavy (non-hydrogen) atoms. The quantitative estimate of drug-likeness (QED) is 0.732. The van der Waals surface area contributed by atoms with Crippen LogP contribution in [0.4, 0.5) is 0 Å². The second-order valence-electron chi connectivity index (χ2n) is 6.39. The SMILES string of the molecule is CCNCC1CCN(C(=O)CCS(=O)(=O)CC(C)C)CC1. The van der Waals surface area contributed by atoms with E-state index >= 15 is 0 Å². The molecule has 0 aromatic heterocycles. The van der Waals surface area contributed by atoms with Gasteiger partial charge in [0.05, 0.1) is 11.5 Å². The van der Waals surface area contributed by atoms with E-state index in [1.165, 1.54) is 0 Å². The van der Waals surface area contributed by atoms with E-state index in [2.05, 4.69) is 12.2 Å². The third-order valence-corrected chi connectivity index (χ3v) is 5.87. The van der Waals surface area contributed by atoms with Crippen molar-refractivity contribution in [2.24, 2.45) is 11.8 Å². The largest absolute Gasteiger partial charge is 0.343 e. The summed E-state index contributed by atoms with van der Waals surface area (Å²) in [5, 5.41) is 3.34. The van der Waals surface area contributed by atoms with Gasteiger partial charge in [-0.1, -0.05) is 20.8 Å². The van der Waals surface area contributed by atoms with Crippen molar-refractivity contribution < 1.29 is 13.2 Å². The van der Waals surface area contributed by atoms with Crippen molar-refractivity contribution in [1.82, 2.24) is 10.2 Å². The van der Waals surface area contributed by atoms with Gasteiger partial charge >= 0.3 is 0 Å². The summed E-state index contributed by atoms with van der Waals surface area (Å²) in [5.74, 6) is 0.904. The monoisotopic (exact) mass is 318 g/mol. The molecule has 0 bridgehead atoms. The first-order valence-electron chi connectivity index (χ1n) is 8.03. The van der Waals surface area contributed by atoms with Crippen molar-refractivity contribution in [3.05, 3.63) is 0 Å². The molecule has 1 N–H and O–H groups in total. The van der Waals surface area contributed by atoms with E-state index < -0.39 is 9.84 Å². The molecule has 1 aliphatic rings. The van der Waals surface area contributed by atoms with E-state index in [9.17, 15) is 13.2 Å². The van der Waals surface area contributed by atoms with Crippen LogP contribution in [0.1, 0.15) is 40.0 Å². The third kappa shape index (κ3) is 7.27. The Labute approximate surface area is 129 Å². The summed E-state index contributed by atoms with van der Waals surface area (Å²) >= 11 is 0. The molecule has 1 saturated heterocycles. The number of hydrogen-bond acceptors (Lipinski definition) is 4. The Balaban J connectivity index is 2.31. The second-order valence-corrected chi connectivity index (χ2v) is 8.62. The van der Waals surface area contributed by atoms with E-state index in [0.29, 0.717) is 5.92 Å². The van der Waals surface area contributed by atoms with Gasteiger partial charge in [-0.15, -0.1) is 0 Å². The Hall–Kier alpha value is -0.620. The summed E-state index contributed by atoms with van der Waals surface area (Å²) < 4.78 is 23.6. The van der Waals surface area contributed by atoms with Crippen LogP contribution in [-0.4, -0.2) is 56.9 Å². The lowest BCUT2D eigenvalue weighted by atomic mass is 9.96. The topological polar surface area (TPSA) is 66.5 Å². The molecule has 0 aliphatic carbocycles. The molecule has 0 aromatic rings. The van der Waals surface area contributed by atoms with Crippen LogP contribution in [0.5, 0.6) is 0 Å². The van der Waals surface area contributed by atoms with Gasteiger partial charge in [-0.05, 0) is 37.8 Å². The average molecular weight is 318 g/mol. The van der Waals surface area contributed by atoms with Crippen molar-refractivity contribution in [1.29, 1.82) is 0 Å². The van der Waals surface area contributed by atoms with E-state index in [0.717, 1.165) is 39.0 Å². The summed E-state index contributed by atoms with van der Waals surface area (Å²) in [6.45, 7) is 9.38. The zero-order valence-electron chi connectivity index (χ0n) is 13.6. The van der Waals surface area contributed by atoms with E-state index in [1.807, 2.05) is 18.7 Å². The van der Waals surface area contributed by atoms with E-state index in [-0.39, 0.29) is 29.8 Å². The molecule has 124 valence electrons. The number of likely N-dealkylation sites (tertiary alicyclic amines) is 1. The summed E-state index contributed by atoms with van der Waals surface area (Å²) in [6.07, 6.45) is 2.15. The van der Waals surface area contributed by atoms with Crippen molar-refractivity contribution in [3.8, 4) is 0 Å². The number of hydrogen-bond donors (Lipinski definition) is 1. The summed E-state index contributed by atoms with van der Waals surface area (Å²) in [6, 6.07) is 0. The van der Waals surface area contributed by atoms with Crippen LogP contribution in [0, 0.1) is 11.8 Å². The van der Waals surface area contributed by atoms with Crippen molar-refractivity contribution in [2.45, 2.75) is 40.0 Å². The number of nitrogens with one attached hydrogen (secondary N) is 1. The van der Waals surface area contributed by atoms with Crippen LogP contribution >= 0.6 is 0 Å². The number of carbonyl (C=O) groups is 1. The van der Waals surface area contributed by atoms with Gasteiger partial charge in [0.1, 0.15) is 0 Å². The molecule has 1 heterocycles. The van der Waals surface area contributed by atoms with Gasteiger partial charge in [0.2, 0.25) is 5.91 Å². The smallest absolute Gasteiger partial charge is 0.223 e. The Morgan fingerprint density at radius 2 is 1.90 bits per heavy atom. The number of rotatable bonds is 8. The summed E-state index contributed by atoms with van der Waals surface area (Å²) in [5.41, 5.74) is 0. The maximum atomic E-state index is 12.1. The number of amides is 1. The Kier molecular flexibility index (Phi) is 7.66. The average Bonchev–Trinajstić information content (AvgIpc) is 2.42. The highest BCUT2D eigenvalue weighted by Gasteiger charge is 2.24. The van der Waals surface area contributed by atoms with Gasteiger partial charge in [-0.25, -0.2) is 8.42 Å². The molecule has 0 aromatic carbocycles. The Morgan fingerprint density at radius 1 is 1.29 bits per heavy atom. The van der Waals surface area contributed by atoms with Gasteiger partial charge in [0.15, 0.2) is 9.84 Å².